The molecule has 14 bridgehead atoms. The molecule has 0 unspecified atom stereocenters. The topological polar surface area (TPSA) is 20.6 Å². The minimum atomic E-state index is 1.03. The van der Waals surface area contributed by atoms with Crippen molar-refractivity contribution in [3.8, 4) is 0 Å². The number of piperidine rings is 7. The van der Waals surface area contributed by atoms with E-state index in [9.17, 15) is 0 Å². The summed E-state index contributed by atoms with van der Waals surface area (Å²) in [6.45, 7) is 44.5. The van der Waals surface area contributed by atoms with Crippen LogP contribution in [0.4, 0.5) is 0 Å². The first kappa shape index (κ1) is 55.0. The molecule has 4 saturated carbocycles. The average Bonchev–Trinajstić information content (AvgIpc) is 4.08. The lowest BCUT2D eigenvalue weighted by Gasteiger charge is -2.53. The normalized spacial score (nSPS) is 41.8. The van der Waals surface area contributed by atoms with Gasteiger partial charge in [-0.05, 0) is 169 Å². The number of nitrogens with one attached hydrogen (secondary N) is 1. The Bertz CT molecular complexity index is 1210. The molecule has 0 amide bonds. The number of likely N-dealkylation sites (tertiary alicyclic amines) is 1. The minimum Gasteiger partial charge on any atom is -0.332 e. The number of quaternary nitrogens is 4. The van der Waals surface area contributed by atoms with Gasteiger partial charge in [0.25, 0.3) is 0 Å². The van der Waals surface area contributed by atoms with E-state index in [2.05, 4.69) is 38.3 Å². The highest BCUT2D eigenvalue weighted by molar-refractivity contribution is 4.94. The van der Waals surface area contributed by atoms with Gasteiger partial charge >= 0.3 is 0 Å². The fraction of sp³-hybridized carbons (Fsp3) is 1.00. The van der Waals surface area contributed by atoms with Crippen LogP contribution in [0.5, 0.6) is 0 Å². The molecular weight excluding hydrogens is 883 g/mol. The summed E-state index contributed by atoms with van der Waals surface area (Å²) in [5.41, 5.74) is 0. The number of hydrogen-bond donors (Lipinski definition) is 1. The maximum atomic E-state index is 2.62. The van der Waals surface area contributed by atoms with Crippen LogP contribution in [-0.2, 0) is 0 Å². The summed E-state index contributed by atoms with van der Waals surface area (Å²) in [6.07, 6.45) is 37.7. The van der Waals surface area contributed by atoms with Crippen LogP contribution in [0.15, 0.2) is 0 Å². The average molecular weight is 1000 g/mol. The van der Waals surface area contributed by atoms with Crippen LogP contribution in [0.2, 0.25) is 0 Å². The third-order valence-corrected chi connectivity index (χ3v) is 22.9. The Morgan fingerprint density at radius 2 is 0.583 bits per heavy atom. The molecule has 20 fully saturated rings. The first-order chi connectivity index (χ1) is 35.3. The quantitative estimate of drug-likeness (QED) is 0.269. The van der Waals surface area contributed by atoms with Crippen LogP contribution < -0.4 is 4.90 Å². The van der Waals surface area contributed by atoms with Crippen molar-refractivity contribution in [2.75, 3.05) is 184 Å². The summed E-state index contributed by atoms with van der Waals surface area (Å²) < 4.78 is 4.46. The molecule has 20 aliphatic rings. The van der Waals surface area contributed by atoms with Crippen LogP contribution in [0.25, 0.3) is 0 Å². The fourth-order valence-electron chi connectivity index (χ4n) is 19.7. The van der Waals surface area contributed by atoms with Gasteiger partial charge in [0.2, 0.25) is 0 Å². The zero-order chi connectivity index (χ0) is 49.1. The molecule has 9 nitrogen and oxygen atoms in total. The van der Waals surface area contributed by atoms with Crippen molar-refractivity contribution in [3.05, 3.63) is 0 Å². The smallest absolute Gasteiger partial charge is 0.0901 e. The van der Waals surface area contributed by atoms with Gasteiger partial charge in [-0.25, -0.2) is 0 Å². The standard InChI is InChI=1S/C13H28N.C10H20N.C10H16.2C8H14N2.C8H16N.C6H12N2/c1-3-5-10-14(11-6-4-2)12-8-7-9-13-14;1-3-7-11(8-4-1)9-5-2-6-10-11;3*1-7-2-9-4-8(1)5-10(3-7)6-9;1-2-6-9(5-1)7-3-4-8-9;1-2-8-5-3-7(1)4-6-8/h3-13H2,1-2H3;1-10H2;7-10H,1-6H2;2*7-8H,1-6H2;1-8H2;1-6H2/q2*+1;;;;+1;/p+1. The monoisotopic (exact) mass is 1000 g/mol. The van der Waals surface area contributed by atoms with Crippen LogP contribution in [0.3, 0.4) is 0 Å². The van der Waals surface area contributed by atoms with Gasteiger partial charge in [-0.2, -0.15) is 0 Å². The molecule has 0 aromatic carbocycles. The lowest BCUT2D eigenvalue weighted by Crippen LogP contribution is -3.17. The Morgan fingerprint density at radius 1 is 0.319 bits per heavy atom. The van der Waals surface area contributed by atoms with Crippen LogP contribution in [-0.4, -0.2) is 221 Å². The predicted molar refractivity (Wildman–Crippen MR) is 302 cm³/mol. The molecule has 0 aromatic heterocycles. The highest BCUT2D eigenvalue weighted by Crippen LogP contribution is 2.53. The molecule has 9 heteroatoms. The van der Waals surface area contributed by atoms with E-state index in [1.54, 1.807) is 38.5 Å². The number of fused-ring (bicyclic) bond motifs is 3. The van der Waals surface area contributed by atoms with Gasteiger partial charge in [-0.1, -0.05) is 26.7 Å². The maximum Gasteiger partial charge on any atom is 0.0901 e. The lowest BCUT2D eigenvalue weighted by molar-refractivity contribution is -0.936. The van der Waals surface area contributed by atoms with Gasteiger partial charge in [0.15, 0.2) is 0 Å². The predicted octanol–water partition coefficient (Wildman–Crippen LogP) is 8.60. The molecule has 2 spiro atoms. The Labute approximate surface area is 446 Å². The Kier molecular flexibility index (Phi) is 20.6. The van der Waals surface area contributed by atoms with Crippen molar-refractivity contribution < 1.29 is 18.3 Å². The number of unbranched alkanes of at least 4 members (excludes halogenated alkanes) is 2. The van der Waals surface area contributed by atoms with E-state index in [0.29, 0.717) is 0 Å². The van der Waals surface area contributed by atoms with E-state index >= 15 is 0 Å². The third-order valence-electron chi connectivity index (χ3n) is 22.9. The van der Waals surface area contributed by atoms with Crippen LogP contribution >= 0.6 is 0 Å². The zero-order valence-corrected chi connectivity index (χ0v) is 48.2. The van der Waals surface area contributed by atoms with E-state index in [1.807, 2.05) is 4.90 Å². The van der Waals surface area contributed by atoms with E-state index in [4.69, 9.17) is 0 Å². The first-order valence-electron chi connectivity index (χ1n) is 33.3. The molecule has 72 heavy (non-hydrogen) atoms. The van der Waals surface area contributed by atoms with Crippen LogP contribution in [0, 0.1) is 47.3 Å². The summed E-state index contributed by atoms with van der Waals surface area (Å²) in [4.78, 5) is 14.9. The number of rotatable bonds is 6. The van der Waals surface area contributed by atoms with Crippen molar-refractivity contribution in [2.24, 2.45) is 47.3 Å². The third kappa shape index (κ3) is 15.7. The van der Waals surface area contributed by atoms with E-state index in [0.717, 1.165) is 23.7 Å². The van der Waals surface area contributed by atoms with Gasteiger partial charge in [0.05, 0.1) is 112 Å². The number of piperazine rings is 3. The molecule has 414 valence electrons. The van der Waals surface area contributed by atoms with Gasteiger partial charge < -0.3 is 18.3 Å². The van der Waals surface area contributed by atoms with Gasteiger partial charge in [0.1, 0.15) is 0 Å². The molecule has 16 aliphatic heterocycles. The molecule has 1 N–H and O–H groups in total. The van der Waals surface area contributed by atoms with E-state index in [-0.39, 0.29) is 0 Å². The van der Waals surface area contributed by atoms with Gasteiger partial charge in [-0.3, -0.25) is 24.5 Å². The second-order valence-electron chi connectivity index (χ2n) is 29.1. The van der Waals surface area contributed by atoms with E-state index < -0.39 is 0 Å². The molecule has 16 saturated heterocycles. The highest BCUT2D eigenvalue weighted by atomic mass is 15.4. The molecule has 0 atom stereocenters. The minimum absolute atomic E-state index is 1.03. The van der Waals surface area contributed by atoms with Crippen molar-refractivity contribution in [3.63, 3.8) is 0 Å². The molecule has 16 heterocycles. The molecule has 0 radical (unpaired) electrons. The summed E-state index contributed by atoms with van der Waals surface area (Å²) in [5, 5.41) is 0. The summed E-state index contributed by atoms with van der Waals surface area (Å²) >= 11 is 0. The SMILES string of the molecule is C1C2CC3CC1CC(C2)C3.C1C2CN3CC1CN(C2)C3.C1C2CN3CC1CN(C2)C3.C1CC[N+]2(C1)CCCC2.C1CC[N+]2(CC1)CCCCC2.C1C[NH+]2CCN1CC2.CCCC[N+]1(CCCC)CCCCC1. The van der Waals surface area contributed by atoms with Crippen molar-refractivity contribution in [1.29, 1.82) is 0 Å². The zero-order valence-electron chi connectivity index (χ0n) is 48.2. The van der Waals surface area contributed by atoms with Crippen LogP contribution in [0.1, 0.15) is 174 Å². The lowest BCUT2D eigenvalue weighted by atomic mass is 9.56. The Hall–Kier alpha value is -0.360. The number of nitrogens with zero attached hydrogens (tertiary/aromatic N) is 8. The van der Waals surface area contributed by atoms with Crippen molar-refractivity contribution >= 4 is 0 Å². The summed E-state index contributed by atoms with van der Waals surface area (Å²) in [6, 6.07) is 0. The van der Waals surface area contributed by atoms with E-state index in [1.165, 1.54) is 343 Å². The van der Waals surface area contributed by atoms with Crippen molar-refractivity contribution in [1.82, 2.24) is 24.5 Å². The largest absolute Gasteiger partial charge is 0.332 e. The van der Waals surface area contributed by atoms with Crippen molar-refractivity contribution in [2.45, 2.75) is 174 Å². The molecule has 4 aliphatic carbocycles. The number of hydrogen-bond acceptors (Lipinski definition) is 5. The first-order valence-corrected chi connectivity index (χ1v) is 33.3. The maximum absolute atomic E-state index is 2.62. The Balaban J connectivity index is 0.0000000971. The highest BCUT2D eigenvalue weighted by Gasteiger charge is 2.43. The second-order valence-corrected chi connectivity index (χ2v) is 29.1. The molecule has 20 rings (SSSR count). The molecule has 0 aromatic rings. The summed E-state index contributed by atoms with van der Waals surface area (Å²) in [5.74, 6) is 8.82. The Morgan fingerprint density at radius 3 is 0.819 bits per heavy atom. The van der Waals surface area contributed by atoms with Gasteiger partial charge in [0, 0.05) is 97.7 Å². The fourth-order valence-corrected chi connectivity index (χ4v) is 19.7. The second kappa shape index (κ2) is 27.0. The summed E-state index contributed by atoms with van der Waals surface area (Å²) in [7, 11) is 0. The molecular formula is C63H121N9+4. The van der Waals surface area contributed by atoms with Gasteiger partial charge in [-0.15, -0.1) is 0 Å².